The maximum atomic E-state index is 13.8. The summed E-state index contributed by atoms with van der Waals surface area (Å²) in [7, 11) is -2.45. The van der Waals surface area contributed by atoms with Crippen LogP contribution in [0.25, 0.3) is 5.76 Å². The predicted molar refractivity (Wildman–Crippen MR) is 83.1 cm³/mol. The van der Waals surface area contributed by atoms with Crippen LogP contribution in [0.2, 0.25) is 0 Å². The van der Waals surface area contributed by atoms with Crippen LogP contribution in [-0.4, -0.2) is 20.6 Å². The Hall–Kier alpha value is -1.60. The number of sulfonamides is 1. The monoisotopic (exact) mass is 371 g/mol. The molecule has 0 saturated heterocycles. The van der Waals surface area contributed by atoms with Gasteiger partial charge in [0.05, 0.1) is 15.1 Å². The van der Waals surface area contributed by atoms with Crippen LogP contribution in [0, 0.1) is 0 Å². The lowest BCUT2D eigenvalue weighted by atomic mass is 10.0. The molecule has 1 aliphatic heterocycles. The second-order valence-corrected chi connectivity index (χ2v) is 7.55. The first kappa shape index (κ1) is 14.3. The van der Waals surface area contributed by atoms with E-state index in [4.69, 9.17) is 0 Å². The normalized spacial score (nSPS) is 20.7. The number of halogens is 2. The third kappa shape index (κ3) is 2.03. The highest BCUT2D eigenvalue weighted by Gasteiger charge is 2.37. The largest absolute Gasteiger partial charge is 0.507 e. The molecule has 2 aliphatic rings. The average Bonchev–Trinajstić information content (AvgIpc) is 2.52. The van der Waals surface area contributed by atoms with Crippen LogP contribution >= 0.6 is 15.9 Å². The molecule has 0 atom stereocenters. The van der Waals surface area contributed by atoms with E-state index in [1.165, 1.54) is 13.1 Å². The Balaban J connectivity index is 2.40. The van der Waals surface area contributed by atoms with Crippen molar-refractivity contribution in [2.24, 2.45) is 0 Å². The van der Waals surface area contributed by atoms with E-state index >= 15 is 0 Å². The lowest BCUT2D eigenvalue weighted by Gasteiger charge is -2.21. The first-order valence-corrected chi connectivity index (χ1v) is 8.34. The Bertz CT molecular complexity index is 840. The van der Waals surface area contributed by atoms with Gasteiger partial charge in [0.15, 0.2) is 0 Å². The molecule has 3 rings (SSSR count). The summed E-state index contributed by atoms with van der Waals surface area (Å²) >= 11 is 3.01. The molecule has 1 aliphatic carbocycles. The fourth-order valence-corrected chi connectivity index (χ4v) is 4.41. The van der Waals surface area contributed by atoms with E-state index in [0.29, 0.717) is 11.3 Å². The number of benzene rings is 1. The minimum atomic E-state index is -3.86. The van der Waals surface area contributed by atoms with Crippen molar-refractivity contribution in [1.82, 2.24) is 0 Å². The van der Waals surface area contributed by atoms with Crippen molar-refractivity contribution in [3.63, 3.8) is 0 Å². The molecule has 1 aromatic carbocycles. The van der Waals surface area contributed by atoms with Crippen LogP contribution in [0.1, 0.15) is 12.0 Å². The molecular formula is C14H11BrFNO3S. The molecule has 7 heteroatoms. The molecule has 0 saturated carbocycles. The molecular weight excluding hydrogens is 361 g/mol. The fraction of sp³-hybridized carbons (Fsp3) is 0.143. The Labute approximate surface area is 130 Å². The SMILES string of the molecule is CN1c2ccccc2C(O)=C2CC(F)=C(Br)C=C2S1(=O)=O. The number of aliphatic hydroxyl groups is 1. The predicted octanol–water partition coefficient (Wildman–Crippen LogP) is 3.60. The average molecular weight is 372 g/mol. The Morgan fingerprint density at radius 2 is 2.00 bits per heavy atom. The lowest BCUT2D eigenvalue weighted by molar-refractivity contribution is 0.503. The van der Waals surface area contributed by atoms with Gasteiger partial charge >= 0.3 is 0 Å². The third-order valence-electron chi connectivity index (χ3n) is 3.57. The standard InChI is InChI=1S/C14H11BrFNO3S/c1-17-12-5-3-2-4-8(12)14(18)9-6-11(16)10(15)7-13(9)21(17,19)20/h2-5,7,18H,6H2,1H3. The van der Waals surface area contributed by atoms with Gasteiger partial charge in [-0.2, -0.15) is 0 Å². The minimum absolute atomic E-state index is 0.0764. The highest BCUT2D eigenvalue weighted by Crippen LogP contribution is 2.44. The number of fused-ring (bicyclic) bond motifs is 2. The van der Waals surface area contributed by atoms with Crippen molar-refractivity contribution < 1.29 is 17.9 Å². The zero-order chi connectivity index (χ0) is 15.4. The maximum Gasteiger partial charge on any atom is 0.264 e. The van der Waals surface area contributed by atoms with E-state index in [9.17, 15) is 17.9 Å². The van der Waals surface area contributed by atoms with Gasteiger partial charge < -0.3 is 5.11 Å². The van der Waals surface area contributed by atoms with Crippen molar-refractivity contribution in [3.8, 4) is 0 Å². The summed E-state index contributed by atoms with van der Waals surface area (Å²) in [4.78, 5) is -0.0908. The highest BCUT2D eigenvalue weighted by molar-refractivity contribution is 9.11. The topological polar surface area (TPSA) is 57.6 Å². The number of hydrogen-bond donors (Lipinski definition) is 1. The number of hydrogen-bond acceptors (Lipinski definition) is 3. The van der Waals surface area contributed by atoms with Crippen LogP contribution in [0.4, 0.5) is 10.1 Å². The second-order valence-electron chi connectivity index (χ2n) is 4.76. The number of para-hydroxylation sites is 1. The molecule has 0 unspecified atom stereocenters. The van der Waals surface area contributed by atoms with E-state index in [0.717, 1.165) is 4.31 Å². The summed E-state index contributed by atoms with van der Waals surface area (Å²) in [6.07, 6.45) is 0.932. The van der Waals surface area contributed by atoms with Crippen molar-refractivity contribution in [1.29, 1.82) is 0 Å². The molecule has 1 heterocycles. The minimum Gasteiger partial charge on any atom is -0.507 e. The van der Waals surface area contributed by atoms with Gasteiger partial charge in [-0.3, -0.25) is 4.31 Å². The van der Waals surface area contributed by atoms with Crippen LogP contribution < -0.4 is 4.31 Å². The number of anilines is 1. The summed E-state index contributed by atoms with van der Waals surface area (Å²) in [6, 6.07) is 6.58. The number of nitrogens with zero attached hydrogens (tertiary/aromatic N) is 1. The molecule has 0 amide bonds. The van der Waals surface area contributed by atoms with Gasteiger partial charge in [0, 0.05) is 24.6 Å². The first-order valence-electron chi connectivity index (χ1n) is 6.10. The second kappa shape index (κ2) is 4.71. The molecule has 0 spiro atoms. The summed E-state index contributed by atoms with van der Waals surface area (Å²) in [6.45, 7) is 0. The zero-order valence-electron chi connectivity index (χ0n) is 11.0. The molecule has 0 aromatic heterocycles. The lowest BCUT2D eigenvalue weighted by Crippen LogP contribution is -2.28. The van der Waals surface area contributed by atoms with E-state index in [-0.39, 0.29) is 27.1 Å². The van der Waals surface area contributed by atoms with E-state index in [1.54, 1.807) is 24.3 Å². The number of aliphatic hydroxyl groups excluding tert-OH is 1. The highest BCUT2D eigenvalue weighted by atomic mass is 79.9. The van der Waals surface area contributed by atoms with Crippen molar-refractivity contribution in [2.75, 3.05) is 11.4 Å². The van der Waals surface area contributed by atoms with Gasteiger partial charge in [-0.15, -0.1) is 0 Å². The quantitative estimate of drug-likeness (QED) is 0.757. The number of allylic oxidation sites excluding steroid dienone is 4. The van der Waals surface area contributed by atoms with Gasteiger partial charge in [-0.1, -0.05) is 12.1 Å². The Morgan fingerprint density at radius 1 is 1.33 bits per heavy atom. The summed E-state index contributed by atoms with van der Waals surface area (Å²) in [5, 5.41) is 10.4. The van der Waals surface area contributed by atoms with Crippen LogP contribution in [0.15, 0.2) is 51.1 Å². The maximum absolute atomic E-state index is 13.8. The van der Waals surface area contributed by atoms with Gasteiger partial charge in [0.1, 0.15) is 11.6 Å². The molecule has 0 radical (unpaired) electrons. The van der Waals surface area contributed by atoms with Crippen molar-refractivity contribution in [3.05, 3.63) is 56.7 Å². The summed E-state index contributed by atoms with van der Waals surface area (Å²) < 4.78 is 40.3. The fourth-order valence-electron chi connectivity index (χ4n) is 2.43. The van der Waals surface area contributed by atoms with E-state index in [1.807, 2.05) is 0 Å². The number of rotatable bonds is 0. The van der Waals surface area contributed by atoms with Gasteiger partial charge in [0.25, 0.3) is 10.0 Å². The van der Waals surface area contributed by atoms with Gasteiger partial charge in [-0.25, -0.2) is 12.8 Å². The smallest absolute Gasteiger partial charge is 0.264 e. The van der Waals surface area contributed by atoms with Gasteiger partial charge in [-0.05, 0) is 34.1 Å². The first-order chi connectivity index (χ1) is 9.84. The third-order valence-corrected chi connectivity index (χ3v) is 6.07. The van der Waals surface area contributed by atoms with Crippen molar-refractivity contribution >= 4 is 37.4 Å². The van der Waals surface area contributed by atoms with Gasteiger partial charge in [0.2, 0.25) is 0 Å². The molecule has 21 heavy (non-hydrogen) atoms. The van der Waals surface area contributed by atoms with Crippen LogP contribution in [-0.2, 0) is 10.0 Å². The molecule has 1 aromatic rings. The summed E-state index contributed by atoms with van der Waals surface area (Å²) in [5.41, 5.74) is 0.801. The van der Waals surface area contributed by atoms with E-state index < -0.39 is 15.9 Å². The van der Waals surface area contributed by atoms with Crippen molar-refractivity contribution in [2.45, 2.75) is 6.42 Å². The molecule has 110 valence electrons. The summed E-state index contributed by atoms with van der Waals surface area (Å²) in [5.74, 6) is -0.725. The van der Waals surface area contributed by atoms with Crippen LogP contribution in [0.5, 0.6) is 0 Å². The Kier molecular flexibility index (Phi) is 3.22. The molecule has 4 nitrogen and oxygen atoms in total. The van der Waals surface area contributed by atoms with E-state index in [2.05, 4.69) is 15.9 Å². The van der Waals surface area contributed by atoms with Crippen LogP contribution in [0.3, 0.4) is 0 Å². The zero-order valence-corrected chi connectivity index (χ0v) is 13.4. The molecule has 0 bridgehead atoms. The Morgan fingerprint density at radius 3 is 2.71 bits per heavy atom. The molecule has 0 fully saturated rings. The molecule has 1 N–H and O–H groups in total.